The topological polar surface area (TPSA) is 98.5 Å². The van der Waals surface area contributed by atoms with Gasteiger partial charge in [0.25, 0.3) is 0 Å². The molecule has 0 heterocycles. The van der Waals surface area contributed by atoms with Crippen LogP contribution in [-0.2, 0) is 22.7 Å². The summed E-state index contributed by atoms with van der Waals surface area (Å²) in [7, 11) is 6.39. The summed E-state index contributed by atoms with van der Waals surface area (Å²) in [5.41, 5.74) is 10.3. The summed E-state index contributed by atoms with van der Waals surface area (Å²) < 4.78 is 32.2. The zero-order chi connectivity index (χ0) is 33.0. The highest BCUT2D eigenvalue weighted by atomic mass is 16.5. The summed E-state index contributed by atoms with van der Waals surface area (Å²) in [6, 6.07) is 31.2. The van der Waals surface area contributed by atoms with Crippen LogP contribution in [0.5, 0.6) is 23.0 Å². The monoisotopic (exact) mass is 629 g/mol. The summed E-state index contributed by atoms with van der Waals surface area (Å²) in [4.78, 5) is 12.2. The SMILES string of the molecule is COc1ccc(C(=O)CCCOCc2ccccc2)cc1OC.COc1ccc([C@H](N)CCCOCc2ccccc2)cc1OC. The Morgan fingerprint density at radius 3 is 1.65 bits per heavy atom. The van der Waals surface area contributed by atoms with Gasteiger partial charge in [0.15, 0.2) is 28.8 Å². The number of carbonyl (C=O) groups is 1. The van der Waals surface area contributed by atoms with E-state index in [4.69, 9.17) is 34.2 Å². The number of ketones is 1. The first kappa shape index (κ1) is 36.1. The third-order valence-corrected chi connectivity index (χ3v) is 7.26. The lowest BCUT2D eigenvalue weighted by atomic mass is 10.0. The van der Waals surface area contributed by atoms with E-state index in [9.17, 15) is 4.79 Å². The van der Waals surface area contributed by atoms with Crippen molar-refractivity contribution in [1.82, 2.24) is 0 Å². The molecule has 0 radical (unpaired) electrons. The van der Waals surface area contributed by atoms with E-state index in [0.717, 1.165) is 29.7 Å². The maximum absolute atomic E-state index is 12.2. The van der Waals surface area contributed by atoms with E-state index < -0.39 is 0 Å². The second-order valence-corrected chi connectivity index (χ2v) is 10.5. The highest BCUT2D eigenvalue weighted by Crippen LogP contribution is 2.30. The Balaban J connectivity index is 0.000000250. The Morgan fingerprint density at radius 2 is 1.11 bits per heavy atom. The molecule has 0 bridgehead atoms. The van der Waals surface area contributed by atoms with Crippen molar-refractivity contribution in [2.24, 2.45) is 5.73 Å². The fourth-order valence-electron chi connectivity index (χ4n) is 4.67. The number of rotatable bonds is 18. The maximum atomic E-state index is 12.2. The third kappa shape index (κ3) is 12.2. The zero-order valence-electron chi connectivity index (χ0n) is 27.4. The summed E-state index contributed by atoms with van der Waals surface area (Å²) >= 11 is 0. The number of hydrogen-bond acceptors (Lipinski definition) is 8. The van der Waals surface area contributed by atoms with E-state index in [0.29, 0.717) is 62.1 Å². The van der Waals surface area contributed by atoms with Crippen molar-refractivity contribution >= 4 is 5.78 Å². The Hall–Kier alpha value is -4.37. The molecule has 46 heavy (non-hydrogen) atoms. The number of nitrogens with two attached hydrogens (primary N) is 1. The van der Waals surface area contributed by atoms with E-state index in [1.165, 1.54) is 5.56 Å². The van der Waals surface area contributed by atoms with Gasteiger partial charge < -0.3 is 34.2 Å². The normalized spacial score (nSPS) is 11.2. The molecular weight excluding hydrogens is 582 g/mol. The molecule has 0 aromatic heterocycles. The van der Waals surface area contributed by atoms with Gasteiger partial charge in [-0.15, -0.1) is 0 Å². The van der Waals surface area contributed by atoms with Gasteiger partial charge in [0.1, 0.15) is 0 Å². The van der Waals surface area contributed by atoms with Crippen LogP contribution < -0.4 is 24.7 Å². The second kappa shape index (κ2) is 20.6. The van der Waals surface area contributed by atoms with Crippen LogP contribution in [0.1, 0.15) is 58.8 Å². The van der Waals surface area contributed by atoms with Gasteiger partial charge in [0.05, 0.1) is 41.7 Å². The van der Waals surface area contributed by atoms with Crippen LogP contribution in [0.4, 0.5) is 0 Å². The summed E-state index contributed by atoms with van der Waals surface area (Å²) in [6.07, 6.45) is 2.93. The first-order valence-corrected chi connectivity index (χ1v) is 15.4. The first-order chi connectivity index (χ1) is 22.5. The average Bonchev–Trinajstić information content (AvgIpc) is 3.11. The van der Waals surface area contributed by atoms with Gasteiger partial charge in [0, 0.05) is 31.2 Å². The van der Waals surface area contributed by atoms with Gasteiger partial charge in [-0.1, -0.05) is 66.7 Å². The molecule has 1 atom stereocenters. The van der Waals surface area contributed by atoms with E-state index >= 15 is 0 Å². The molecule has 0 amide bonds. The quantitative estimate of drug-likeness (QED) is 0.0888. The molecule has 2 N–H and O–H groups in total. The van der Waals surface area contributed by atoms with Crippen molar-refractivity contribution < 1.29 is 33.2 Å². The number of Topliss-reactive ketones (excluding diaryl/α,β-unsaturated/α-hetero) is 1. The van der Waals surface area contributed by atoms with E-state index in [1.54, 1.807) is 46.6 Å². The molecule has 0 saturated carbocycles. The number of benzene rings is 4. The molecule has 4 aromatic carbocycles. The predicted molar refractivity (Wildman–Crippen MR) is 181 cm³/mol. The van der Waals surface area contributed by atoms with Crippen molar-refractivity contribution in [3.63, 3.8) is 0 Å². The molecule has 246 valence electrons. The van der Waals surface area contributed by atoms with Crippen molar-refractivity contribution in [3.05, 3.63) is 119 Å². The molecule has 4 rings (SSSR count). The van der Waals surface area contributed by atoms with Crippen LogP contribution in [0.3, 0.4) is 0 Å². The standard InChI is InChI=1S/C19H25NO3.C19H22O4/c2*1-21-18-11-10-16(13-19(18)22-2)17(20)9-6-12-23-14-15-7-4-3-5-8-15/h3-5,7-8,10-11,13,17H,6,9,12,14,20H2,1-2H3;3-5,7-8,10-11,13H,6,9,12,14H2,1-2H3/t17-;/m1./s1. The van der Waals surface area contributed by atoms with Gasteiger partial charge in [-0.25, -0.2) is 0 Å². The number of ether oxygens (including phenoxy) is 6. The van der Waals surface area contributed by atoms with Crippen LogP contribution in [0.25, 0.3) is 0 Å². The molecular formula is C38H47NO7. The second-order valence-electron chi connectivity index (χ2n) is 10.5. The molecule has 4 aromatic rings. The smallest absolute Gasteiger partial charge is 0.163 e. The Morgan fingerprint density at radius 1 is 0.609 bits per heavy atom. The number of carbonyl (C=O) groups excluding carboxylic acids is 1. The Labute approximate surface area is 273 Å². The number of hydrogen-bond donors (Lipinski definition) is 1. The molecule has 0 saturated heterocycles. The Bertz CT molecular complexity index is 1430. The van der Waals surface area contributed by atoms with Crippen LogP contribution in [0.2, 0.25) is 0 Å². The highest BCUT2D eigenvalue weighted by Gasteiger charge is 2.12. The van der Waals surface area contributed by atoms with Gasteiger partial charge in [-0.3, -0.25) is 4.79 Å². The maximum Gasteiger partial charge on any atom is 0.163 e. The average molecular weight is 630 g/mol. The van der Waals surface area contributed by atoms with Crippen LogP contribution in [0, 0.1) is 0 Å². The third-order valence-electron chi connectivity index (χ3n) is 7.26. The minimum Gasteiger partial charge on any atom is -0.493 e. The summed E-state index contributed by atoms with van der Waals surface area (Å²) in [6.45, 7) is 2.49. The molecule has 8 heteroatoms. The lowest BCUT2D eigenvalue weighted by molar-refractivity contribution is 0.0919. The largest absolute Gasteiger partial charge is 0.493 e. The summed E-state index contributed by atoms with van der Waals surface area (Å²) in [5, 5.41) is 0. The van der Waals surface area contributed by atoms with Gasteiger partial charge in [0.2, 0.25) is 0 Å². The van der Waals surface area contributed by atoms with Crippen molar-refractivity contribution in [2.75, 3.05) is 41.7 Å². The predicted octanol–water partition coefficient (Wildman–Crippen LogP) is 7.58. The first-order valence-electron chi connectivity index (χ1n) is 15.4. The minimum atomic E-state index is -0.0323. The molecule has 0 spiro atoms. The lowest BCUT2D eigenvalue weighted by Crippen LogP contribution is -2.11. The minimum absolute atomic E-state index is 0.0323. The molecule has 0 unspecified atom stereocenters. The van der Waals surface area contributed by atoms with Crippen LogP contribution in [0.15, 0.2) is 97.1 Å². The van der Waals surface area contributed by atoms with Gasteiger partial charge in [-0.05, 0) is 66.3 Å². The Kier molecular flexibility index (Phi) is 16.2. The van der Waals surface area contributed by atoms with Crippen LogP contribution >= 0.6 is 0 Å². The van der Waals surface area contributed by atoms with Crippen molar-refractivity contribution in [3.8, 4) is 23.0 Å². The lowest BCUT2D eigenvalue weighted by Gasteiger charge is -2.15. The molecule has 0 aliphatic rings. The van der Waals surface area contributed by atoms with E-state index in [2.05, 4.69) is 12.1 Å². The molecule has 0 aliphatic carbocycles. The number of methoxy groups -OCH3 is 4. The fraction of sp³-hybridized carbons (Fsp3) is 0.342. The molecule has 0 fully saturated rings. The van der Waals surface area contributed by atoms with E-state index in [-0.39, 0.29) is 11.8 Å². The van der Waals surface area contributed by atoms with Crippen molar-refractivity contribution in [2.45, 2.75) is 44.9 Å². The highest BCUT2D eigenvalue weighted by molar-refractivity contribution is 5.96. The van der Waals surface area contributed by atoms with Gasteiger partial charge in [-0.2, -0.15) is 0 Å². The van der Waals surface area contributed by atoms with E-state index in [1.807, 2.05) is 66.7 Å². The molecule has 8 nitrogen and oxygen atoms in total. The fourth-order valence-corrected chi connectivity index (χ4v) is 4.67. The van der Waals surface area contributed by atoms with Crippen LogP contribution in [-0.4, -0.2) is 47.4 Å². The summed E-state index contributed by atoms with van der Waals surface area (Å²) in [5.74, 6) is 2.69. The zero-order valence-corrected chi connectivity index (χ0v) is 27.4. The molecule has 0 aliphatic heterocycles. The van der Waals surface area contributed by atoms with Gasteiger partial charge >= 0.3 is 0 Å². The van der Waals surface area contributed by atoms with Crippen molar-refractivity contribution in [1.29, 1.82) is 0 Å².